The van der Waals surface area contributed by atoms with Crippen molar-refractivity contribution in [2.24, 2.45) is 0 Å². The van der Waals surface area contributed by atoms with Crippen molar-refractivity contribution >= 4 is 30.8 Å². The van der Waals surface area contributed by atoms with Crippen LogP contribution in [0.4, 0.5) is 13.2 Å². The quantitative estimate of drug-likeness (QED) is 0.0891. The van der Waals surface area contributed by atoms with E-state index in [4.69, 9.17) is 9.47 Å². The molecule has 0 spiro atoms. The van der Waals surface area contributed by atoms with Gasteiger partial charge in [0.25, 0.3) is 6.47 Å². The van der Waals surface area contributed by atoms with Gasteiger partial charge in [0, 0.05) is 5.56 Å². The predicted octanol–water partition coefficient (Wildman–Crippen LogP) is 9.24. The SMILES string of the molecule is CCCCCCOc1cc(/C=C/c2ccc(OC=O)cc2)c(C)cc1/C=C/c1ccc(OC(F)=C(F)F)cc1. The topological polar surface area (TPSA) is 44.8 Å². The minimum absolute atomic E-state index is 0.0218. The first-order valence-electron chi connectivity index (χ1n) is 12.7. The average molecular weight is 537 g/mol. The third-order valence-electron chi connectivity index (χ3n) is 5.87. The summed E-state index contributed by atoms with van der Waals surface area (Å²) in [7, 11) is 0. The van der Waals surface area contributed by atoms with Crippen LogP contribution >= 0.6 is 0 Å². The number of benzene rings is 3. The van der Waals surface area contributed by atoms with Gasteiger partial charge in [-0.25, -0.2) is 0 Å². The summed E-state index contributed by atoms with van der Waals surface area (Å²) in [5.41, 5.74) is 4.68. The predicted molar refractivity (Wildman–Crippen MR) is 149 cm³/mol. The van der Waals surface area contributed by atoms with Crippen LogP contribution in [0.5, 0.6) is 17.2 Å². The molecule has 0 fully saturated rings. The van der Waals surface area contributed by atoms with E-state index < -0.39 is 12.1 Å². The molecule has 0 aliphatic heterocycles. The van der Waals surface area contributed by atoms with Crippen molar-refractivity contribution in [3.05, 3.63) is 101 Å². The highest BCUT2D eigenvalue weighted by Crippen LogP contribution is 2.28. The largest absolute Gasteiger partial charge is 0.493 e. The van der Waals surface area contributed by atoms with Crippen molar-refractivity contribution in [1.29, 1.82) is 0 Å². The molecule has 204 valence electrons. The Bertz CT molecular complexity index is 1310. The number of halogens is 3. The molecule has 0 saturated carbocycles. The molecule has 0 bridgehead atoms. The Hall–Kier alpha value is -4.26. The van der Waals surface area contributed by atoms with Gasteiger partial charge >= 0.3 is 12.1 Å². The first kappa shape index (κ1) is 29.3. The van der Waals surface area contributed by atoms with Crippen LogP contribution in [0.25, 0.3) is 24.3 Å². The Labute approximate surface area is 227 Å². The fourth-order valence-corrected chi connectivity index (χ4v) is 3.75. The van der Waals surface area contributed by atoms with Crippen LogP contribution in [-0.2, 0) is 4.79 Å². The number of ether oxygens (including phenoxy) is 3. The highest BCUT2D eigenvalue weighted by molar-refractivity contribution is 5.77. The smallest absolute Gasteiger partial charge is 0.344 e. The summed E-state index contributed by atoms with van der Waals surface area (Å²) < 4.78 is 53.0. The fraction of sp³-hybridized carbons (Fsp3) is 0.219. The van der Waals surface area contributed by atoms with Crippen LogP contribution in [0.1, 0.15) is 60.4 Å². The van der Waals surface area contributed by atoms with E-state index in [1.807, 2.05) is 55.5 Å². The number of hydrogen-bond donors (Lipinski definition) is 0. The molecule has 4 nitrogen and oxygen atoms in total. The first-order chi connectivity index (χ1) is 18.9. The van der Waals surface area contributed by atoms with Crippen molar-refractivity contribution in [3.8, 4) is 17.2 Å². The Kier molecular flexibility index (Phi) is 11.4. The van der Waals surface area contributed by atoms with E-state index in [1.54, 1.807) is 24.3 Å². The van der Waals surface area contributed by atoms with Gasteiger partial charge in [0.15, 0.2) is 0 Å². The summed E-state index contributed by atoms with van der Waals surface area (Å²) in [6.45, 7) is 5.17. The average Bonchev–Trinajstić information content (AvgIpc) is 2.93. The van der Waals surface area contributed by atoms with Gasteiger partial charge in [0.05, 0.1) is 6.61 Å². The zero-order valence-corrected chi connectivity index (χ0v) is 22.0. The molecule has 3 rings (SSSR count). The zero-order valence-electron chi connectivity index (χ0n) is 22.0. The standard InChI is InChI=1S/C32H31F3O4/c1-3-4-5-6-19-37-30-21-26(13-7-24-9-15-28(16-10-24)38-22-36)23(2)20-27(30)14-8-25-11-17-29(18-12-25)39-32(35)31(33)34/h7-18,20-22H,3-6,19H2,1-2H3/b13-7+,14-8+. The normalized spacial score (nSPS) is 11.1. The van der Waals surface area contributed by atoms with Gasteiger partial charge in [-0.3, -0.25) is 4.79 Å². The summed E-state index contributed by atoms with van der Waals surface area (Å²) in [5, 5.41) is 0. The molecule has 39 heavy (non-hydrogen) atoms. The van der Waals surface area contributed by atoms with Gasteiger partial charge in [-0.1, -0.05) is 74.8 Å². The third-order valence-corrected chi connectivity index (χ3v) is 5.87. The Morgan fingerprint density at radius 1 is 0.769 bits per heavy atom. The maximum atomic E-state index is 13.0. The minimum atomic E-state index is -2.50. The number of carbonyl (C=O) groups excluding carboxylic acids is 1. The van der Waals surface area contributed by atoms with Crippen LogP contribution in [0, 0.1) is 6.92 Å². The van der Waals surface area contributed by atoms with E-state index in [9.17, 15) is 18.0 Å². The fourth-order valence-electron chi connectivity index (χ4n) is 3.75. The number of hydrogen-bond acceptors (Lipinski definition) is 4. The summed E-state index contributed by atoms with van der Waals surface area (Å²) in [6, 6.07) is 15.5. The first-order valence-corrected chi connectivity index (χ1v) is 12.7. The minimum Gasteiger partial charge on any atom is -0.493 e. The Morgan fingerprint density at radius 2 is 1.38 bits per heavy atom. The summed E-state index contributed by atoms with van der Waals surface area (Å²) >= 11 is 0. The molecule has 0 radical (unpaired) electrons. The molecule has 0 aromatic heterocycles. The van der Waals surface area contributed by atoms with Crippen LogP contribution in [0.2, 0.25) is 0 Å². The molecule has 0 saturated heterocycles. The molecule has 0 atom stereocenters. The number of rotatable bonds is 14. The third kappa shape index (κ3) is 9.52. The summed E-state index contributed by atoms with van der Waals surface area (Å²) in [5.74, 6) is 1.20. The Morgan fingerprint density at radius 3 is 1.97 bits per heavy atom. The van der Waals surface area contributed by atoms with Crippen LogP contribution in [0.15, 0.2) is 72.8 Å². The molecule has 3 aromatic carbocycles. The highest BCUT2D eigenvalue weighted by Gasteiger charge is 2.08. The lowest BCUT2D eigenvalue weighted by molar-refractivity contribution is -0.120. The van der Waals surface area contributed by atoms with Crippen molar-refractivity contribution < 1.29 is 32.2 Å². The van der Waals surface area contributed by atoms with E-state index in [0.29, 0.717) is 18.8 Å². The molecule has 0 amide bonds. The second kappa shape index (κ2) is 15.2. The second-order valence-electron chi connectivity index (χ2n) is 8.81. The number of carbonyl (C=O) groups is 1. The van der Waals surface area contributed by atoms with E-state index in [1.165, 1.54) is 12.1 Å². The van der Waals surface area contributed by atoms with Gasteiger partial charge in [-0.05, 0) is 72.0 Å². The van der Waals surface area contributed by atoms with Gasteiger partial charge < -0.3 is 14.2 Å². The zero-order chi connectivity index (χ0) is 28.0. The summed E-state index contributed by atoms with van der Waals surface area (Å²) in [4.78, 5) is 10.5. The van der Waals surface area contributed by atoms with Crippen LogP contribution < -0.4 is 14.2 Å². The van der Waals surface area contributed by atoms with Crippen molar-refractivity contribution in [3.63, 3.8) is 0 Å². The molecule has 3 aromatic rings. The van der Waals surface area contributed by atoms with Crippen molar-refractivity contribution in [2.75, 3.05) is 6.61 Å². The lowest BCUT2D eigenvalue weighted by Gasteiger charge is -2.13. The second-order valence-corrected chi connectivity index (χ2v) is 8.81. The molecule has 0 N–H and O–H groups in total. The summed E-state index contributed by atoms with van der Waals surface area (Å²) in [6.07, 6.45) is 9.62. The number of unbranched alkanes of at least 4 members (excludes halogenated alkanes) is 3. The molecule has 0 heterocycles. The van der Waals surface area contributed by atoms with E-state index in [-0.39, 0.29) is 5.75 Å². The van der Waals surface area contributed by atoms with Gasteiger partial charge in [-0.2, -0.15) is 13.2 Å². The molecule has 0 aliphatic rings. The van der Waals surface area contributed by atoms with Gasteiger partial charge in [0.2, 0.25) is 0 Å². The molecular weight excluding hydrogens is 505 g/mol. The van der Waals surface area contributed by atoms with Crippen LogP contribution in [-0.4, -0.2) is 13.1 Å². The van der Waals surface area contributed by atoms with Gasteiger partial charge in [-0.15, -0.1) is 0 Å². The van der Waals surface area contributed by atoms with Gasteiger partial charge in [0.1, 0.15) is 17.2 Å². The molecule has 7 heteroatoms. The van der Waals surface area contributed by atoms with E-state index >= 15 is 0 Å². The lowest BCUT2D eigenvalue weighted by Crippen LogP contribution is -2.00. The lowest BCUT2D eigenvalue weighted by atomic mass is 10.0. The van der Waals surface area contributed by atoms with Crippen LogP contribution in [0.3, 0.4) is 0 Å². The van der Waals surface area contributed by atoms with E-state index in [0.717, 1.165) is 59.3 Å². The maximum Gasteiger partial charge on any atom is 0.344 e. The monoisotopic (exact) mass is 536 g/mol. The highest BCUT2D eigenvalue weighted by atomic mass is 19.3. The molecular formula is C32H31F3O4. The number of aryl methyl sites for hydroxylation is 1. The molecule has 0 aliphatic carbocycles. The maximum absolute atomic E-state index is 13.0. The van der Waals surface area contributed by atoms with Crippen molar-refractivity contribution in [2.45, 2.75) is 39.5 Å². The van der Waals surface area contributed by atoms with E-state index in [2.05, 4.69) is 11.7 Å². The van der Waals surface area contributed by atoms with Crippen molar-refractivity contribution in [1.82, 2.24) is 0 Å². The molecule has 0 unspecified atom stereocenters. The Balaban J connectivity index is 1.81.